The van der Waals surface area contributed by atoms with Gasteiger partial charge in [-0.2, -0.15) is 0 Å². The van der Waals surface area contributed by atoms with Gasteiger partial charge in [-0.1, -0.05) is 19.9 Å². The van der Waals surface area contributed by atoms with Crippen LogP contribution >= 0.6 is 11.8 Å². The van der Waals surface area contributed by atoms with Crippen molar-refractivity contribution < 1.29 is 19.8 Å². The molecular formula is C14H21N3O4S. The lowest BCUT2D eigenvalue weighted by molar-refractivity contribution is -0.133. The summed E-state index contributed by atoms with van der Waals surface area (Å²) in [5.74, 6) is -0.983. The SMILES string of the molecule is CCS[C@](O)(C(=O)NNC(=O)c1cccc(O)c1)[C@H](N)CC. The predicted octanol–water partition coefficient (Wildman–Crippen LogP) is 0.332. The number of nitrogens with one attached hydrogen (secondary N) is 2. The molecule has 0 fully saturated rings. The number of phenols is 1. The summed E-state index contributed by atoms with van der Waals surface area (Å²) in [5, 5.41) is 19.7. The standard InChI is InChI=1S/C14H21N3O4S/c1-3-11(15)14(21,22-4-2)13(20)17-16-12(19)9-6-5-7-10(18)8-9/h5-8,11,18,21H,3-4,15H2,1-2H3,(H,16,19)(H,17,20)/t11-,14+/m1/s1. The zero-order chi connectivity index (χ0) is 16.8. The average Bonchev–Trinajstić information content (AvgIpc) is 2.51. The molecule has 0 saturated heterocycles. The summed E-state index contributed by atoms with van der Waals surface area (Å²) >= 11 is 0.997. The summed E-state index contributed by atoms with van der Waals surface area (Å²) in [4.78, 5) is 22.2. The zero-order valence-electron chi connectivity index (χ0n) is 12.5. The van der Waals surface area contributed by atoms with E-state index >= 15 is 0 Å². The maximum absolute atomic E-state index is 12.1. The molecule has 22 heavy (non-hydrogen) atoms. The van der Waals surface area contributed by atoms with Crippen molar-refractivity contribution in [1.82, 2.24) is 10.9 Å². The second-order valence-corrected chi connectivity index (χ2v) is 6.09. The molecule has 0 aliphatic carbocycles. The number of rotatable bonds is 6. The van der Waals surface area contributed by atoms with Crippen LogP contribution in [0.25, 0.3) is 0 Å². The fourth-order valence-electron chi connectivity index (χ4n) is 1.76. The Kier molecular flexibility index (Phi) is 6.66. The van der Waals surface area contributed by atoms with Crippen molar-refractivity contribution in [1.29, 1.82) is 0 Å². The molecule has 1 aromatic carbocycles. The van der Waals surface area contributed by atoms with E-state index in [0.29, 0.717) is 12.2 Å². The lowest BCUT2D eigenvalue weighted by atomic mass is 10.1. The van der Waals surface area contributed by atoms with E-state index in [1.54, 1.807) is 13.8 Å². The minimum atomic E-state index is -1.82. The molecule has 2 atom stereocenters. The molecule has 6 N–H and O–H groups in total. The van der Waals surface area contributed by atoms with Gasteiger partial charge in [-0.15, -0.1) is 11.8 Å². The van der Waals surface area contributed by atoms with Gasteiger partial charge in [0.1, 0.15) is 5.75 Å². The second-order valence-electron chi connectivity index (χ2n) is 4.60. The molecule has 0 aromatic heterocycles. The van der Waals surface area contributed by atoms with Crippen molar-refractivity contribution in [2.75, 3.05) is 5.75 Å². The van der Waals surface area contributed by atoms with Crippen LogP contribution in [0.15, 0.2) is 24.3 Å². The van der Waals surface area contributed by atoms with Gasteiger partial charge in [-0.25, -0.2) is 0 Å². The highest BCUT2D eigenvalue weighted by atomic mass is 32.2. The lowest BCUT2D eigenvalue weighted by Crippen LogP contribution is -2.59. The fraction of sp³-hybridized carbons (Fsp3) is 0.429. The number of aliphatic hydroxyl groups is 1. The number of hydrogen-bond acceptors (Lipinski definition) is 6. The number of hydrazine groups is 1. The molecule has 0 spiro atoms. The summed E-state index contributed by atoms with van der Waals surface area (Å²) < 4.78 is 0. The molecular weight excluding hydrogens is 306 g/mol. The predicted molar refractivity (Wildman–Crippen MR) is 85.1 cm³/mol. The monoisotopic (exact) mass is 327 g/mol. The van der Waals surface area contributed by atoms with Crippen molar-refractivity contribution in [3.05, 3.63) is 29.8 Å². The number of amides is 2. The molecule has 0 saturated carbocycles. The van der Waals surface area contributed by atoms with Gasteiger partial charge in [-0.3, -0.25) is 20.4 Å². The number of nitrogens with two attached hydrogens (primary N) is 1. The van der Waals surface area contributed by atoms with E-state index in [4.69, 9.17) is 5.73 Å². The number of aromatic hydroxyl groups is 1. The Morgan fingerprint density at radius 3 is 2.59 bits per heavy atom. The first-order chi connectivity index (χ1) is 10.3. The summed E-state index contributed by atoms with van der Waals surface area (Å²) in [7, 11) is 0. The normalized spacial score (nSPS) is 14.7. The molecule has 2 amide bonds. The summed E-state index contributed by atoms with van der Waals surface area (Å²) in [6, 6.07) is 4.89. The summed E-state index contributed by atoms with van der Waals surface area (Å²) in [5.41, 5.74) is 10.3. The van der Waals surface area contributed by atoms with E-state index < -0.39 is 22.8 Å². The van der Waals surface area contributed by atoms with E-state index in [1.165, 1.54) is 24.3 Å². The molecule has 1 aromatic rings. The number of benzene rings is 1. The van der Waals surface area contributed by atoms with Crippen LogP contribution in [0.4, 0.5) is 0 Å². The zero-order valence-corrected chi connectivity index (χ0v) is 13.3. The van der Waals surface area contributed by atoms with Crippen molar-refractivity contribution in [2.45, 2.75) is 31.2 Å². The first kappa shape index (κ1) is 18.3. The van der Waals surface area contributed by atoms with Gasteiger partial charge in [0.05, 0.1) is 6.04 Å². The highest BCUT2D eigenvalue weighted by Gasteiger charge is 2.41. The lowest BCUT2D eigenvalue weighted by Gasteiger charge is -2.30. The van der Waals surface area contributed by atoms with Crippen LogP contribution < -0.4 is 16.6 Å². The van der Waals surface area contributed by atoms with E-state index in [-0.39, 0.29) is 11.3 Å². The third-order valence-electron chi connectivity index (χ3n) is 3.03. The highest BCUT2D eigenvalue weighted by Crippen LogP contribution is 2.26. The Bertz CT molecular complexity index is 541. The van der Waals surface area contributed by atoms with Crippen LogP contribution in [0, 0.1) is 0 Å². The summed E-state index contributed by atoms with van der Waals surface area (Å²) in [6.45, 7) is 3.54. The quantitative estimate of drug-likeness (QED) is 0.379. The molecule has 0 bridgehead atoms. The molecule has 8 heteroatoms. The Labute approximate surface area is 133 Å². The van der Waals surface area contributed by atoms with E-state index in [9.17, 15) is 19.8 Å². The van der Waals surface area contributed by atoms with Crippen LogP contribution in [-0.2, 0) is 4.79 Å². The molecule has 0 unspecified atom stereocenters. The van der Waals surface area contributed by atoms with Gasteiger partial charge in [-0.05, 0) is 30.4 Å². The van der Waals surface area contributed by atoms with Crippen LogP contribution in [0.1, 0.15) is 30.6 Å². The van der Waals surface area contributed by atoms with Crippen molar-refractivity contribution in [3.63, 3.8) is 0 Å². The first-order valence-electron chi connectivity index (χ1n) is 6.86. The number of carbonyl (C=O) groups excluding carboxylic acids is 2. The van der Waals surface area contributed by atoms with Crippen LogP contribution in [0.5, 0.6) is 5.75 Å². The molecule has 122 valence electrons. The van der Waals surface area contributed by atoms with Gasteiger partial charge in [0.15, 0.2) is 0 Å². The van der Waals surface area contributed by atoms with Crippen LogP contribution in [-0.4, -0.2) is 38.8 Å². The minimum absolute atomic E-state index is 0.0648. The Hall–Kier alpha value is -1.77. The topological polar surface area (TPSA) is 125 Å². The van der Waals surface area contributed by atoms with Gasteiger partial charge in [0.25, 0.3) is 11.8 Å². The van der Waals surface area contributed by atoms with Gasteiger partial charge in [0.2, 0.25) is 4.93 Å². The van der Waals surface area contributed by atoms with Crippen LogP contribution in [0.2, 0.25) is 0 Å². The van der Waals surface area contributed by atoms with Gasteiger partial charge >= 0.3 is 0 Å². The Morgan fingerprint density at radius 2 is 2.05 bits per heavy atom. The minimum Gasteiger partial charge on any atom is -0.508 e. The van der Waals surface area contributed by atoms with E-state index in [2.05, 4.69) is 10.9 Å². The third kappa shape index (κ3) is 4.36. The number of phenolic OH excluding ortho intramolecular Hbond substituents is 1. The average molecular weight is 327 g/mol. The van der Waals surface area contributed by atoms with Gasteiger partial charge < -0.3 is 15.9 Å². The molecule has 0 radical (unpaired) electrons. The van der Waals surface area contributed by atoms with Crippen molar-refractivity contribution in [3.8, 4) is 5.75 Å². The molecule has 0 aliphatic rings. The van der Waals surface area contributed by atoms with Crippen molar-refractivity contribution >= 4 is 23.6 Å². The number of carbonyl (C=O) groups is 2. The number of thioether (sulfide) groups is 1. The maximum Gasteiger partial charge on any atom is 0.282 e. The second kappa shape index (κ2) is 8.02. The molecule has 7 nitrogen and oxygen atoms in total. The smallest absolute Gasteiger partial charge is 0.282 e. The third-order valence-corrected chi connectivity index (χ3v) is 4.25. The van der Waals surface area contributed by atoms with E-state index in [1.807, 2.05) is 0 Å². The largest absolute Gasteiger partial charge is 0.508 e. The van der Waals surface area contributed by atoms with Crippen molar-refractivity contribution in [2.24, 2.45) is 5.73 Å². The first-order valence-corrected chi connectivity index (χ1v) is 7.85. The molecule has 1 rings (SSSR count). The summed E-state index contributed by atoms with van der Waals surface area (Å²) in [6.07, 6.45) is 0.400. The number of hydrogen-bond donors (Lipinski definition) is 5. The van der Waals surface area contributed by atoms with Crippen LogP contribution in [0.3, 0.4) is 0 Å². The molecule has 0 aliphatic heterocycles. The highest BCUT2D eigenvalue weighted by molar-refractivity contribution is 8.01. The Morgan fingerprint density at radius 1 is 1.36 bits per heavy atom. The molecule has 0 heterocycles. The fourth-order valence-corrected chi connectivity index (χ4v) is 2.76. The van der Waals surface area contributed by atoms with Gasteiger partial charge in [0, 0.05) is 5.56 Å². The van der Waals surface area contributed by atoms with E-state index in [0.717, 1.165) is 11.8 Å². The Balaban J connectivity index is 2.73. The maximum atomic E-state index is 12.1.